The quantitative estimate of drug-likeness (QED) is 0.431. The Balaban J connectivity index is 1.72. The van der Waals surface area contributed by atoms with Crippen molar-refractivity contribution in [3.63, 3.8) is 0 Å². The Morgan fingerprint density at radius 3 is 2.81 bits per heavy atom. The Labute approximate surface area is 180 Å². The molecule has 31 heavy (non-hydrogen) atoms. The molecular formula is C22H16ClFN6O. The summed E-state index contributed by atoms with van der Waals surface area (Å²) in [6.07, 6.45) is 2.96. The average molecular weight is 435 g/mol. The maximum atomic E-state index is 14.6. The van der Waals surface area contributed by atoms with Crippen LogP contribution in [0.4, 0.5) is 10.2 Å². The summed E-state index contributed by atoms with van der Waals surface area (Å²) in [7, 11) is 0. The standard InChI is InChI=1S/C22H16ClFN6O/c1-12(29-21-19-20(26-10-25-19)27-11-28-21)17-8-13-4-2-7-16(24)18(13)22(31)30(17)15-6-3-5-14(23)9-15/h2-12H,1H3,(H2,25,26,27,28,29)/t12-/m0/s1. The minimum absolute atomic E-state index is 0.0233. The monoisotopic (exact) mass is 434 g/mol. The van der Waals surface area contributed by atoms with Crippen LogP contribution in [0.25, 0.3) is 27.6 Å². The maximum absolute atomic E-state index is 14.6. The number of anilines is 1. The van der Waals surface area contributed by atoms with Crippen LogP contribution in [0.15, 0.2) is 66.0 Å². The fourth-order valence-corrected chi connectivity index (χ4v) is 3.87. The van der Waals surface area contributed by atoms with Crippen molar-refractivity contribution in [1.82, 2.24) is 24.5 Å². The smallest absolute Gasteiger partial charge is 0.266 e. The first-order valence-electron chi connectivity index (χ1n) is 9.53. The molecular weight excluding hydrogens is 419 g/mol. The molecule has 5 rings (SSSR count). The predicted octanol–water partition coefficient (Wildman–Crippen LogP) is 4.62. The van der Waals surface area contributed by atoms with Crippen LogP contribution < -0.4 is 10.9 Å². The van der Waals surface area contributed by atoms with Gasteiger partial charge in [-0.05, 0) is 42.6 Å². The molecule has 0 aliphatic carbocycles. The third-order valence-corrected chi connectivity index (χ3v) is 5.34. The van der Waals surface area contributed by atoms with Gasteiger partial charge in [-0.15, -0.1) is 0 Å². The molecule has 0 spiro atoms. The lowest BCUT2D eigenvalue weighted by Gasteiger charge is -2.21. The van der Waals surface area contributed by atoms with Gasteiger partial charge in [0.15, 0.2) is 11.5 Å². The molecule has 3 aromatic heterocycles. The van der Waals surface area contributed by atoms with Crippen molar-refractivity contribution in [3.05, 3.63) is 88.1 Å². The Bertz CT molecular complexity index is 1490. The third-order valence-electron chi connectivity index (χ3n) is 5.10. The lowest BCUT2D eigenvalue weighted by Crippen LogP contribution is -2.26. The third kappa shape index (κ3) is 3.30. The second kappa shape index (κ2) is 7.48. The summed E-state index contributed by atoms with van der Waals surface area (Å²) in [5.74, 6) is -0.0531. The second-order valence-electron chi connectivity index (χ2n) is 7.08. The van der Waals surface area contributed by atoms with Crippen molar-refractivity contribution in [2.45, 2.75) is 13.0 Å². The SMILES string of the molecule is C[C@H](Nc1ncnc2[nH]cnc12)c1cc2cccc(F)c2c(=O)n1-c1cccc(Cl)c1. The van der Waals surface area contributed by atoms with Gasteiger partial charge in [0, 0.05) is 10.7 Å². The number of aromatic nitrogens is 5. The van der Waals surface area contributed by atoms with E-state index in [-0.39, 0.29) is 11.4 Å². The van der Waals surface area contributed by atoms with Crippen molar-refractivity contribution in [1.29, 1.82) is 0 Å². The van der Waals surface area contributed by atoms with Gasteiger partial charge in [-0.3, -0.25) is 9.36 Å². The van der Waals surface area contributed by atoms with Gasteiger partial charge >= 0.3 is 0 Å². The minimum atomic E-state index is -0.570. The highest BCUT2D eigenvalue weighted by molar-refractivity contribution is 6.30. The van der Waals surface area contributed by atoms with Gasteiger partial charge < -0.3 is 10.3 Å². The minimum Gasteiger partial charge on any atom is -0.360 e. The van der Waals surface area contributed by atoms with Crippen molar-refractivity contribution in [2.24, 2.45) is 0 Å². The molecule has 7 nitrogen and oxygen atoms in total. The van der Waals surface area contributed by atoms with Crippen LogP contribution in [0.2, 0.25) is 5.02 Å². The van der Waals surface area contributed by atoms with E-state index in [9.17, 15) is 9.18 Å². The zero-order chi connectivity index (χ0) is 21.5. The molecule has 0 radical (unpaired) electrons. The van der Waals surface area contributed by atoms with Gasteiger partial charge in [0.1, 0.15) is 17.7 Å². The number of rotatable bonds is 4. The summed E-state index contributed by atoms with van der Waals surface area (Å²) in [6, 6.07) is 12.9. The summed E-state index contributed by atoms with van der Waals surface area (Å²) >= 11 is 6.18. The highest BCUT2D eigenvalue weighted by atomic mass is 35.5. The first kappa shape index (κ1) is 19.2. The van der Waals surface area contributed by atoms with Crippen molar-refractivity contribution < 1.29 is 4.39 Å². The van der Waals surface area contributed by atoms with Gasteiger partial charge in [-0.1, -0.05) is 29.8 Å². The van der Waals surface area contributed by atoms with Crippen LogP contribution in [0, 0.1) is 5.82 Å². The van der Waals surface area contributed by atoms with E-state index in [0.717, 1.165) is 0 Å². The topological polar surface area (TPSA) is 88.5 Å². The highest BCUT2D eigenvalue weighted by Crippen LogP contribution is 2.27. The number of nitrogens with zero attached hydrogens (tertiary/aromatic N) is 4. The largest absolute Gasteiger partial charge is 0.360 e. The zero-order valence-corrected chi connectivity index (χ0v) is 17.1. The number of halogens is 2. The summed E-state index contributed by atoms with van der Waals surface area (Å²) in [4.78, 5) is 29.0. The number of hydrogen-bond donors (Lipinski definition) is 2. The van der Waals surface area contributed by atoms with Crippen LogP contribution in [0.5, 0.6) is 0 Å². The lowest BCUT2D eigenvalue weighted by molar-refractivity contribution is 0.637. The molecule has 0 aliphatic heterocycles. The maximum Gasteiger partial charge on any atom is 0.266 e. The highest BCUT2D eigenvalue weighted by Gasteiger charge is 2.19. The molecule has 1 atom stereocenters. The molecule has 0 aliphatic rings. The van der Waals surface area contributed by atoms with Crippen molar-refractivity contribution in [3.8, 4) is 5.69 Å². The number of hydrogen-bond acceptors (Lipinski definition) is 5. The van der Waals surface area contributed by atoms with E-state index < -0.39 is 11.4 Å². The second-order valence-corrected chi connectivity index (χ2v) is 7.52. The van der Waals surface area contributed by atoms with Crippen LogP contribution in [0.1, 0.15) is 18.7 Å². The summed E-state index contributed by atoms with van der Waals surface area (Å²) < 4.78 is 16.0. The normalized spacial score (nSPS) is 12.4. The van der Waals surface area contributed by atoms with Crippen molar-refractivity contribution in [2.75, 3.05) is 5.32 Å². The molecule has 0 saturated carbocycles. The predicted molar refractivity (Wildman–Crippen MR) is 118 cm³/mol. The van der Waals surface area contributed by atoms with E-state index in [2.05, 4.69) is 25.3 Å². The van der Waals surface area contributed by atoms with E-state index in [1.165, 1.54) is 23.3 Å². The molecule has 5 aromatic rings. The van der Waals surface area contributed by atoms with E-state index in [0.29, 0.717) is 38.8 Å². The van der Waals surface area contributed by atoms with Crippen LogP contribution >= 0.6 is 11.6 Å². The van der Waals surface area contributed by atoms with E-state index in [4.69, 9.17) is 11.6 Å². The van der Waals surface area contributed by atoms with Gasteiger partial charge in [0.05, 0.1) is 23.4 Å². The van der Waals surface area contributed by atoms with E-state index >= 15 is 0 Å². The van der Waals surface area contributed by atoms with Gasteiger partial charge in [-0.25, -0.2) is 19.3 Å². The van der Waals surface area contributed by atoms with Crippen LogP contribution in [-0.4, -0.2) is 24.5 Å². The number of imidazole rings is 1. The first-order chi connectivity index (χ1) is 15.0. The molecule has 3 heterocycles. The fourth-order valence-electron chi connectivity index (χ4n) is 3.69. The Morgan fingerprint density at radius 1 is 1.13 bits per heavy atom. The summed E-state index contributed by atoms with van der Waals surface area (Å²) in [6.45, 7) is 1.89. The number of nitrogens with one attached hydrogen (secondary N) is 2. The Hall–Kier alpha value is -3.78. The molecule has 0 amide bonds. The van der Waals surface area contributed by atoms with Gasteiger partial charge in [0.2, 0.25) is 0 Å². The molecule has 2 aromatic carbocycles. The lowest BCUT2D eigenvalue weighted by atomic mass is 10.1. The van der Waals surface area contributed by atoms with Crippen LogP contribution in [-0.2, 0) is 0 Å². The molecule has 0 bridgehead atoms. The molecule has 2 N–H and O–H groups in total. The van der Waals surface area contributed by atoms with Gasteiger partial charge in [-0.2, -0.15) is 0 Å². The number of H-pyrrole nitrogens is 1. The van der Waals surface area contributed by atoms with Crippen molar-refractivity contribution >= 4 is 39.4 Å². The molecule has 0 unspecified atom stereocenters. The Kier molecular flexibility index (Phi) is 4.63. The molecule has 0 saturated heterocycles. The molecule has 0 fully saturated rings. The number of pyridine rings is 1. The van der Waals surface area contributed by atoms with E-state index in [1.807, 2.05) is 6.92 Å². The summed E-state index contributed by atoms with van der Waals surface area (Å²) in [5.41, 5.74) is 1.87. The average Bonchev–Trinajstić information content (AvgIpc) is 3.23. The van der Waals surface area contributed by atoms with Gasteiger partial charge in [0.25, 0.3) is 5.56 Å². The Morgan fingerprint density at radius 2 is 1.97 bits per heavy atom. The number of aromatic amines is 1. The number of fused-ring (bicyclic) bond motifs is 2. The van der Waals surface area contributed by atoms with Crippen LogP contribution in [0.3, 0.4) is 0 Å². The summed E-state index contributed by atoms with van der Waals surface area (Å²) in [5, 5.41) is 4.31. The zero-order valence-electron chi connectivity index (χ0n) is 16.3. The fraction of sp³-hybridized carbons (Fsp3) is 0.0909. The first-order valence-corrected chi connectivity index (χ1v) is 9.91. The number of benzene rings is 2. The molecule has 9 heteroatoms. The molecule has 154 valence electrons. The van der Waals surface area contributed by atoms with E-state index in [1.54, 1.807) is 42.5 Å².